The molecule has 1 heterocycles. The summed E-state index contributed by atoms with van der Waals surface area (Å²) in [7, 11) is 1.42. The molecule has 0 bridgehead atoms. The Hall–Kier alpha value is -5.94. The fraction of sp³-hybridized carbons (Fsp3) is 0.136. The number of benzene rings is 6. The monoisotopic (exact) mass is 642 g/mol. The molecule has 0 fully saturated rings. The van der Waals surface area contributed by atoms with E-state index >= 15 is 0 Å². The van der Waals surface area contributed by atoms with Gasteiger partial charge in [-0.3, -0.25) is 4.79 Å². The van der Waals surface area contributed by atoms with Crippen molar-refractivity contribution >= 4 is 16.9 Å². The van der Waals surface area contributed by atoms with Gasteiger partial charge in [0.25, 0.3) is 0 Å². The third kappa shape index (κ3) is 6.23. The van der Waals surface area contributed by atoms with Crippen molar-refractivity contribution in [3.63, 3.8) is 0 Å². The number of hydrogen-bond donors (Lipinski definition) is 0. The standard InChI is InChI=1S/C44H38N2O3/c1-32(29-42(47)48-2)34-24-26-39(27-25-34)49-31-33-23-28-40-41(30-33)46(45-43(40)35-15-7-3-8-16-35)44(36-17-9-4-10-18-36,37-19-11-5-12-20-37)38-21-13-6-14-22-38/h3-28,30,32H,29,31H2,1-2H3. The Bertz CT molecular complexity index is 2050. The number of rotatable bonds is 11. The Kier molecular flexibility index (Phi) is 9.07. The lowest BCUT2D eigenvalue weighted by atomic mass is 9.77. The van der Waals surface area contributed by atoms with Crippen LogP contribution >= 0.6 is 0 Å². The number of esters is 1. The molecule has 49 heavy (non-hydrogen) atoms. The molecule has 0 aliphatic carbocycles. The van der Waals surface area contributed by atoms with E-state index in [9.17, 15) is 4.79 Å². The number of ether oxygens (including phenoxy) is 2. The molecule has 5 heteroatoms. The second-order valence-electron chi connectivity index (χ2n) is 12.3. The van der Waals surface area contributed by atoms with Gasteiger partial charge >= 0.3 is 5.97 Å². The highest BCUT2D eigenvalue weighted by Gasteiger charge is 2.41. The van der Waals surface area contributed by atoms with Gasteiger partial charge in [-0.1, -0.05) is 153 Å². The molecular weight excluding hydrogens is 604 g/mol. The molecule has 1 atom stereocenters. The lowest BCUT2D eigenvalue weighted by Crippen LogP contribution is -2.38. The van der Waals surface area contributed by atoms with Crippen LogP contribution in [-0.2, 0) is 21.7 Å². The van der Waals surface area contributed by atoms with Gasteiger partial charge in [0, 0.05) is 10.9 Å². The van der Waals surface area contributed by atoms with Gasteiger partial charge in [-0.25, -0.2) is 4.68 Å². The maximum absolute atomic E-state index is 11.8. The fourth-order valence-corrected chi connectivity index (χ4v) is 6.73. The van der Waals surface area contributed by atoms with Crippen LogP contribution in [0.3, 0.4) is 0 Å². The van der Waals surface area contributed by atoms with E-state index in [2.05, 4.69) is 138 Å². The Labute approximate surface area is 287 Å². The van der Waals surface area contributed by atoms with Crippen LogP contribution in [0.15, 0.2) is 164 Å². The van der Waals surface area contributed by atoms with Gasteiger partial charge < -0.3 is 9.47 Å². The number of carbonyl (C=O) groups excluding carboxylic acids is 1. The van der Waals surface area contributed by atoms with Gasteiger partial charge in [-0.05, 0) is 51.9 Å². The molecule has 1 aromatic heterocycles. The zero-order chi connectivity index (χ0) is 33.6. The first-order valence-corrected chi connectivity index (χ1v) is 16.6. The molecule has 0 aliphatic heterocycles. The first-order valence-electron chi connectivity index (χ1n) is 16.6. The van der Waals surface area contributed by atoms with Crippen molar-refractivity contribution in [3.05, 3.63) is 192 Å². The zero-order valence-electron chi connectivity index (χ0n) is 27.7. The fourth-order valence-electron chi connectivity index (χ4n) is 6.73. The molecule has 0 aliphatic rings. The number of aromatic nitrogens is 2. The van der Waals surface area contributed by atoms with E-state index in [-0.39, 0.29) is 11.9 Å². The number of carbonyl (C=O) groups is 1. The first-order chi connectivity index (χ1) is 24.1. The summed E-state index contributed by atoms with van der Waals surface area (Å²) < 4.78 is 13.4. The highest BCUT2D eigenvalue weighted by Crippen LogP contribution is 2.44. The third-order valence-electron chi connectivity index (χ3n) is 9.24. The van der Waals surface area contributed by atoms with E-state index < -0.39 is 5.54 Å². The van der Waals surface area contributed by atoms with Crippen molar-refractivity contribution < 1.29 is 14.3 Å². The summed E-state index contributed by atoms with van der Waals surface area (Å²) in [6.07, 6.45) is 0.339. The van der Waals surface area contributed by atoms with Gasteiger partial charge in [-0.15, -0.1) is 0 Å². The van der Waals surface area contributed by atoms with E-state index in [1.165, 1.54) is 7.11 Å². The maximum atomic E-state index is 11.8. The van der Waals surface area contributed by atoms with Crippen LogP contribution in [0.5, 0.6) is 5.75 Å². The lowest BCUT2D eigenvalue weighted by Gasteiger charge is -2.37. The predicted octanol–water partition coefficient (Wildman–Crippen LogP) is 9.79. The number of methoxy groups -OCH3 is 1. The first kappa shape index (κ1) is 31.6. The molecule has 242 valence electrons. The quantitative estimate of drug-likeness (QED) is 0.104. The molecule has 0 N–H and O–H groups in total. The predicted molar refractivity (Wildman–Crippen MR) is 196 cm³/mol. The van der Waals surface area contributed by atoms with Crippen molar-refractivity contribution in [2.45, 2.75) is 31.4 Å². The van der Waals surface area contributed by atoms with E-state index in [1.54, 1.807) is 0 Å². The average Bonchev–Trinajstić information content (AvgIpc) is 3.55. The molecule has 5 nitrogen and oxygen atoms in total. The molecule has 6 aromatic carbocycles. The van der Waals surface area contributed by atoms with Crippen molar-refractivity contribution in [1.82, 2.24) is 9.78 Å². The number of hydrogen-bond acceptors (Lipinski definition) is 4. The van der Waals surface area contributed by atoms with Gasteiger partial charge in [0.15, 0.2) is 0 Å². The van der Waals surface area contributed by atoms with Crippen LogP contribution in [0.25, 0.3) is 22.2 Å². The third-order valence-corrected chi connectivity index (χ3v) is 9.24. The van der Waals surface area contributed by atoms with Gasteiger partial charge in [0.2, 0.25) is 0 Å². The van der Waals surface area contributed by atoms with Crippen LogP contribution in [0, 0.1) is 0 Å². The Morgan fingerprint density at radius 1 is 0.694 bits per heavy atom. The molecule has 0 saturated carbocycles. The molecule has 7 aromatic rings. The largest absolute Gasteiger partial charge is 0.489 e. The number of nitrogens with zero attached hydrogens (tertiary/aromatic N) is 2. The second kappa shape index (κ2) is 14.0. The van der Waals surface area contributed by atoms with E-state index in [4.69, 9.17) is 14.6 Å². The van der Waals surface area contributed by atoms with E-state index in [1.807, 2.05) is 37.3 Å². The van der Waals surface area contributed by atoms with Crippen molar-refractivity contribution in [2.75, 3.05) is 7.11 Å². The summed E-state index contributed by atoms with van der Waals surface area (Å²) in [4.78, 5) is 11.8. The number of fused-ring (bicyclic) bond motifs is 1. The summed E-state index contributed by atoms with van der Waals surface area (Å²) in [6.45, 7) is 2.41. The maximum Gasteiger partial charge on any atom is 0.306 e. The summed E-state index contributed by atoms with van der Waals surface area (Å²) >= 11 is 0. The van der Waals surface area contributed by atoms with Gasteiger partial charge in [-0.2, -0.15) is 5.10 Å². The molecule has 1 unspecified atom stereocenters. The Balaban J connectivity index is 1.37. The molecular formula is C44H38N2O3. The minimum atomic E-state index is -0.773. The summed E-state index contributed by atoms with van der Waals surface area (Å²) in [5.74, 6) is 0.607. The normalized spacial score (nSPS) is 12.0. The SMILES string of the molecule is COC(=O)CC(C)c1ccc(OCc2ccc3c(-c4ccccc4)nn(C(c4ccccc4)(c4ccccc4)c4ccccc4)c3c2)cc1. The Morgan fingerprint density at radius 2 is 1.22 bits per heavy atom. The van der Waals surface area contributed by atoms with Crippen molar-refractivity contribution in [1.29, 1.82) is 0 Å². The smallest absolute Gasteiger partial charge is 0.306 e. The topological polar surface area (TPSA) is 53.4 Å². The molecule has 0 saturated heterocycles. The van der Waals surface area contributed by atoms with Crippen molar-refractivity contribution in [3.8, 4) is 17.0 Å². The van der Waals surface area contributed by atoms with Crippen LogP contribution < -0.4 is 4.74 Å². The average molecular weight is 643 g/mol. The minimum absolute atomic E-state index is 0.0575. The minimum Gasteiger partial charge on any atom is -0.489 e. The van der Waals surface area contributed by atoms with Crippen LogP contribution in [0.2, 0.25) is 0 Å². The molecule has 0 amide bonds. The van der Waals surface area contributed by atoms with Crippen LogP contribution in [0.4, 0.5) is 0 Å². The highest BCUT2D eigenvalue weighted by molar-refractivity contribution is 5.94. The highest BCUT2D eigenvalue weighted by atomic mass is 16.5. The Morgan fingerprint density at radius 3 is 1.76 bits per heavy atom. The van der Waals surface area contributed by atoms with Gasteiger partial charge in [0.05, 0.1) is 19.0 Å². The zero-order valence-corrected chi connectivity index (χ0v) is 27.7. The summed E-state index contributed by atoms with van der Waals surface area (Å²) in [5.41, 5.74) is 7.63. The molecule has 0 radical (unpaired) electrons. The second-order valence-corrected chi connectivity index (χ2v) is 12.3. The molecule has 0 spiro atoms. The van der Waals surface area contributed by atoms with E-state index in [0.717, 1.165) is 55.7 Å². The van der Waals surface area contributed by atoms with Gasteiger partial charge in [0.1, 0.15) is 23.6 Å². The molecule has 7 rings (SSSR count). The summed E-state index contributed by atoms with van der Waals surface area (Å²) in [5, 5.41) is 6.58. The van der Waals surface area contributed by atoms with Crippen molar-refractivity contribution in [2.24, 2.45) is 0 Å². The lowest BCUT2D eigenvalue weighted by molar-refractivity contribution is -0.140. The summed E-state index contributed by atoms with van der Waals surface area (Å²) in [6, 6.07) is 56.8. The van der Waals surface area contributed by atoms with Crippen LogP contribution in [0.1, 0.15) is 47.1 Å². The van der Waals surface area contributed by atoms with E-state index in [0.29, 0.717) is 13.0 Å². The van der Waals surface area contributed by atoms with Crippen LogP contribution in [-0.4, -0.2) is 22.9 Å².